The van der Waals surface area contributed by atoms with Crippen molar-refractivity contribution >= 4 is 34.8 Å². The minimum absolute atomic E-state index is 0.729. The highest BCUT2D eigenvalue weighted by molar-refractivity contribution is 7.98. The zero-order chi connectivity index (χ0) is 15.2. The van der Waals surface area contributed by atoms with E-state index >= 15 is 0 Å². The number of thiocarbonyl (C=S) groups is 1. The van der Waals surface area contributed by atoms with E-state index in [1.165, 1.54) is 16.0 Å². The third-order valence-electron chi connectivity index (χ3n) is 3.23. The van der Waals surface area contributed by atoms with Crippen LogP contribution in [0.25, 0.3) is 0 Å². The summed E-state index contributed by atoms with van der Waals surface area (Å²) in [6, 6.07) is 16.8. The molecule has 0 aromatic heterocycles. The zero-order valence-electron chi connectivity index (χ0n) is 12.6. The first kappa shape index (κ1) is 15.9. The summed E-state index contributed by atoms with van der Waals surface area (Å²) in [6.07, 6.45) is 2.09. The summed E-state index contributed by atoms with van der Waals surface area (Å²) in [5, 5.41) is 3.99. The Bertz CT molecular complexity index is 591. The smallest absolute Gasteiger partial charge is 0.173 e. The van der Waals surface area contributed by atoms with Gasteiger partial charge in [0, 0.05) is 24.2 Å². The van der Waals surface area contributed by atoms with Gasteiger partial charge in [0.05, 0.1) is 0 Å². The minimum atomic E-state index is 0.729. The normalized spacial score (nSPS) is 10.2. The molecule has 2 rings (SSSR count). The Labute approximate surface area is 136 Å². The lowest BCUT2D eigenvalue weighted by Gasteiger charge is -2.21. The van der Waals surface area contributed by atoms with Crippen LogP contribution in [0.3, 0.4) is 0 Å². The first-order valence-corrected chi connectivity index (χ1v) is 8.43. The Morgan fingerprint density at radius 2 is 1.71 bits per heavy atom. The largest absolute Gasteiger partial charge is 0.348 e. The summed E-state index contributed by atoms with van der Waals surface area (Å²) in [5.74, 6) is 0. The van der Waals surface area contributed by atoms with E-state index in [0.29, 0.717) is 0 Å². The Hall–Kier alpha value is -1.52. The number of thioether (sulfide) groups is 1. The fourth-order valence-corrected chi connectivity index (χ4v) is 2.52. The van der Waals surface area contributed by atoms with Crippen molar-refractivity contribution in [3.05, 3.63) is 59.7 Å². The van der Waals surface area contributed by atoms with Gasteiger partial charge in [-0.25, -0.2) is 0 Å². The maximum Gasteiger partial charge on any atom is 0.173 e. The van der Waals surface area contributed by atoms with Crippen molar-refractivity contribution in [2.45, 2.75) is 18.4 Å². The average molecular weight is 316 g/mol. The van der Waals surface area contributed by atoms with Crippen molar-refractivity contribution in [3.63, 3.8) is 0 Å². The lowest BCUT2D eigenvalue weighted by Crippen LogP contribution is -2.30. The lowest BCUT2D eigenvalue weighted by atomic mass is 10.2. The molecule has 110 valence electrons. The summed E-state index contributed by atoms with van der Waals surface area (Å²) in [5.41, 5.74) is 3.52. The highest BCUT2D eigenvalue weighted by Gasteiger charge is 2.05. The molecule has 1 N–H and O–H groups in total. The van der Waals surface area contributed by atoms with Gasteiger partial charge in [-0.2, -0.15) is 0 Å². The Morgan fingerprint density at radius 1 is 1.10 bits per heavy atom. The summed E-state index contributed by atoms with van der Waals surface area (Å²) in [6.45, 7) is 2.87. The number of benzene rings is 2. The van der Waals surface area contributed by atoms with Crippen LogP contribution in [0.4, 0.5) is 5.69 Å². The lowest BCUT2D eigenvalue weighted by molar-refractivity contribution is 0.508. The summed E-state index contributed by atoms with van der Waals surface area (Å²) >= 11 is 7.20. The van der Waals surface area contributed by atoms with Gasteiger partial charge >= 0.3 is 0 Å². The van der Waals surface area contributed by atoms with Crippen LogP contribution in [-0.2, 0) is 6.54 Å². The molecule has 0 radical (unpaired) electrons. The van der Waals surface area contributed by atoms with Crippen LogP contribution < -0.4 is 5.32 Å². The molecule has 0 amide bonds. The molecule has 4 heteroatoms. The molecule has 0 atom stereocenters. The molecule has 0 heterocycles. The van der Waals surface area contributed by atoms with E-state index < -0.39 is 0 Å². The number of anilines is 1. The second kappa shape index (κ2) is 7.48. The molecular formula is C17H20N2S2. The van der Waals surface area contributed by atoms with Gasteiger partial charge in [-0.3, -0.25) is 0 Å². The topological polar surface area (TPSA) is 15.3 Å². The highest BCUT2D eigenvalue weighted by atomic mass is 32.2. The van der Waals surface area contributed by atoms with Gasteiger partial charge in [0.15, 0.2) is 5.11 Å². The van der Waals surface area contributed by atoms with E-state index in [4.69, 9.17) is 12.2 Å². The number of hydrogen-bond donors (Lipinski definition) is 1. The number of aryl methyl sites for hydroxylation is 1. The average Bonchev–Trinajstić information content (AvgIpc) is 2.50. The van der Waals surface area contributed by atoms with Crippen LogP contribution >= 0.6 is 24.0 Å². The molecule has 21 heavy (non-hydrogen) atoms. The monoisotopic (exact) mass is 316 g/mol. The predicted octanol–water partition coefficient (Wildman–Crippen LogP) is 4.55. The summed E-state index contributed by atoms with van der Waals surface area (Å²) in [7, 11) is 2.01. The SMILES string of the molecule is CSc1ccc(CN(C)C(=S)Nc2ccc(C)cc2)cc1. The van der Waals surface area contributed by atoms with Crippen LogP contribution in [0.1, 0.15) is 11.1 Å². The fourth-order valence-electron chi connectivity index (χ4n) is 1.93. The summed E-state index contributed by atoms with van der Waals surface area (Å²) in [4.78, 5) is 3.32. The predicted molar refractivity (Wildman–Crippen MR) is 97.1 cm³/mol. The van der Waals surface area contributed by atoms with Crippen molar-refractivity contribution in [2.24, 2.45) is 0 Å². The van der Waals surface area contributed by atoms with Gasteiger partial charge < -0.3 is 10.2 Å². The van der Waals surface area contributed by atoms with E-state index in [2.05, 4.69) is 54.9 Å². The van der Waals surface area contributed by atoms with Crippen molar-refractivity contribution in [3.8, 4) is 0 Å². The van der Waals surface area contributed by atoms with E-state index in [1.807, 2.05) is 24.1 Å². The molecule has 2 nitrogen and oxygen atoms in total. The molecule has 0 saturated carbocycles. The molecule has 0 unspecified atom stereocenters. The zero-order valence-corrected chi connectivity index (χ0v) is 14.2. The number of nitrogens with zero attached hydrogens (tertiary/aromatic N) is 1. The van der Waals surface area contributed by atoms with Gasteiger partial charge in [0.1, 0.15) is 0 Å². The van der Waals surface area contributed by atoms with Crippen LogP contribution in [0.15, 0.2) is 53.4 Å². The summed E-state index contributed by atoms with van der Waals surface area (Å²) < 4.78 is 0. The quantitative estimate of drug-likeness (QED) is 0.657. The Morgan fingerprint density at radius 3 is 2.29 bits per heavy atom. The van der Waals surface area contributed by atoms with E-state index in [-0.39, 0.29) is 0 Å². The number of hydrogen-bond acceptors (Lipinski definition) is 2. The van der Waals surface area contributed by atoms with Gasteiger partial charge in [-0.05, 0) is 55.2 Å². The highest BCUT2D eigenvalue weighted by Crippen LogP contribution is 2.16. The second-order valence-corrected chi connectivity index (χ2v) is 6.27. The Kier molecular flexibility index (Phi) is 5.65. The third kappa shape index (κ3) is 4.76. The fraction of sp³-hybridized carbons (Fsp3) is 0.235. The molecular weight excluding hydrogens is 296 g/mol. The molecule has 0 aliphatic heterocycles. The molecule has 0 bridgehead atoms. The molecule has 0 spiro atoms. The number of rotatable bonds is 4. The van der Waals surface area contributed by atoms with E-state index in [1.54, 1.807) is 11.8 Å². The minimum Gasteiger partial charge on any atom is -0.348 e. The maximum absolute atomic E-state index is 5.45. The number of nitrogens with one attached hydrogen (secondary N) is 1. The molecule has 0 aliphatic rings. The van der Waals surface area contributed by atoms with E-state index in [0.717, 1.165) is 17.3 Å². The second-order valence-electron chi connectivity index (χ2n) is 5.00. The maximum atomic E-state index is 5.45. The van der Waals surface area contributed by atoms with Crippen molar-refractivity contribution < 1.29 is 0 Å². The Balaban J connectivity index is 1.93. The van der Waals surface area contributed by atoms with Crippen molar-refractivity contribution in [2.75, 3.05) is 18.6 Å². The van der Waals surface area contributed by atoms with Crippen molar-refractivity contribution in [1.82, 2.24) is 4.90 Å². The molecule has 0 aliphatic carbocycles. The third-order valence-corrected chi connectivity index (χ3v) is 4.39. The first-order chi connectivity index (χ1) is 10.1. The van der Waals surface area contributed by atoms with E-state index in [9.17, 15) is 0 Å². The first-order valence-electron chi connectivity index (χ1n) is 6.80. The molecule has 0 saturated heterocycles. The van der Waals surface area contributed by atoms with Gasteiger partial charge in [-0.1, -0.05) is 29.8 Å². The van der Waals surface area contributed by atoms with Crippen molar-refractivity contribution in [1.29, 1.82) is 0 Å². The van der Waals surface area contributed by atoms with Crippen LogP contribution in [0, 0.1) is 6.92 Å². The van der Waals surface area contributed by atoms with Crippen LogP contribution in [-0.4, -0.2) is 23.3 Å². The molecule has 2 aromatic rings. The van der Waals surface area contributed by atoms with Gasteiger partial charge in [-0.15, -0.1) is 11.8 Å². The van der Waals surface area contributed by atoms with Crippen LogP contribution in [0.2, 0.25) is 0 Å². The van der Waals surface area contributed by atoms with Gasteiger partial charge in [0.2, 0.25) is 0 Å². The van der Waals surface area contributed by atoms with Crippen LogP contribution in [0.5, 0.6) is 0 Å². The molecule has 0 fully saturated rings. The molecule has 2 aromatic carbocycles. The standard InChI is InChI=1S/C17H20N2S2/c1-13-4-8-15(9-5-13)18-17(20)19(2)12-14-6-10-16(21-3)11-7-14/h4-11H,12H2,1-3H3,(H,18,20). The van der Waals surface area contributed by atoms with Gasteiger partial charge in [0.25, 0.3) is 0 Å².